The summed E-state index contributed by atoms with van der Waals surface area (Å²) in [6, 6.07) is 9.12. The normalized spacial score (nSPS) is 14.1. The minimum Gasteiger partial charge on any atom is -0.472 e. The van der Waals surface area contributed by atoms with E-state index in [-0.39, 0.29) is 12.2 Å². The lowest BCUT2D eigenvalue weighted by Gasteiger charge is -2.13. The number of thiazole rings is 1. The van der Waals surface area contributed by atoms with Gasteiger partial charge in [0.2, 0.25) is 0 Å². The molecular weight excluding hydrogens is 466 g/mol. The highest BCUT2D eigenvalue weighted by molar-refractivity contribution is 7.13. The number of pyridine rings is 1. The smallest absolute Gasteiger partial charge is 0.275 e. The fourth-order valence-electron chi connectivity index (χ4n) is 3.61. The van der Waals surface area contributed by atoms with Gasteiger partial charge in [-0.15, -0.1) is 11.3 Å². The van der Waals surface area contributed by atoms with Crippen molar-refractivity contribution in [3.05, 3.63) is 71.9 Å². The van der Waals surface area contributed by atoms with Gasteiger partial charge in [-0.25, -0.2) is 4.98 Å². The molecule has 0 saturated carbocycles. The molecule has 0 unspecified atom stereocenters. The average molecular weight is 490 g/mol. The van der Waals surface area contributed by atoms with Gasteiger partial charge in [0.1, 0.15) is 10.7 Å². The molecule has 1 aliphatic rings. The highest BCUT2D eigenvalue weighted by atomic mass is 32.1. The van der Waals surface area contributed by atoms with E-state index in [4.69, 9.17) is 19.6 Å². The van der Waals surface area contributed by atoms with Crippen LogP contribution in [0.5, 0.6) is 0 Å². The Balaban J connectivity index is 1.37. The number of rotatable bonds is 8. The zero-order chi connectivity index (χ0) is 24.0. The van der Waals surface area contributed by atoms with Gasteiger partial charge >= 0.3 is 0 Å². The molecule has 4 heterocycles. The van der Waals surface area contributed by atoms with Crippen molar-refractivity contribution in [3.63, 3.8) is 0 Å². The average Bonchev–Trinajstić information content (AvgIpc) is 3.67. The van der Waals surface area contributed by atoms with E-state index in [1.807, 2.05) is 18.2 Å². The summed E-state index contributed by atoms with van der Waals surface area (Å²) in [6.45, 7) is 1.76. The van der Waals surface area contributed by atoms with E-state index in [1.54, 1.807) is 48.6 Å². The highest BCUT2D eigenvalue weighted by Crippen LogP contribution is 2.33. The molecule has 0 atom stereocenters. The van der Waals surface area contributed by atoms with Crippen molar-refractivity contribution in [2.45, 2.75) is 12.7 Å². The van der Waals surface area contributed by atoms with Crippen molar-refractivity contribution in [2.75, 3.05) is 30.8 Å². The number of hydrogen-bond donors (Lipinski definition) is 2. The lowest BCUT2D eigenvalue weighted by Crippen LogP contribution is -2.14. The zero-order valence-corrected chi connectivity index (χ0v) is 19.5. The number of anilines is 2. The van der Waals surface area contributed by atoms with Gasteiger partial charge in [0, 0.05) is 70.6 Å². The van der Waals surface area contributed by atoms with Crippen LogP contribution in [0.15, 0.2) is 70.0 Å². The standard InChI is InChI=1S/C25H23N5O4S/c26-20-12-19(17-4-8-32-14-17)21(11-18(20)13-28-7-3-23-33-9-10-34-23)29-24(31)22-15-35-25(30-22)16-1-5-27-6-2-16/h1-2,4-6,8,11-15,23H,3,7,9-10,26H2,(H,29,31). The molecule has 9 nitrogen and oxygen atoms in total. The first-order chi connectivity index (χ1) is 17.2. The number of nitrogens with one attached hydrogen (secondary N) is 1. The summed E-state index contributed by atoms with van der Waals surface area (Å²) in [5.41, 5.74) is 10.9. The summed E-state index contributed by atoms with van der Waals surface area (Å²) in [5.74, 6) is -0.325. The summed E-state index contributed by atoms with van der Waals surface area (Å²) in [5, 5.41) is 5.45. The largest absolute Gasteiger partial charge is 0.472 e. The zero-order valence-electron chi connectivity index (χ0n) is 18.7. The third-order valence-electron chi connectivity index (χ3n) is 5.38. The molecular formula is C25H23N5O4S. The number of nitrogen functional groups attached to an aromatic ring is 1. The molecule has 0 aliphatic carbocycles. The van der Waals surface area contributed by atoms with Gasteiger partial charge in [-0.1, -0.05) is 0 Å². The van der Waals surface area contributed by atoms with Crippen molar-refractivity contribution < 1.29 is 18.7 Å². The van der Waals surface area contributed by atoms with Crippen molar-refractivity contribution in [3.8, 4) is 21.7 Å². The SMILES string of the molecule is Nc1cc(-c2ccoc2)c(NC(=O)c2csc(-c3ccncc3)n2)cc1C=NCCC1OCCO1. The second-order valence-corrected chi connectivity index (χ2v) is 8.62. The van der Waals surface area contributed by atoms with Crippen molar-refractivity contribution in [2.24, 2.45) is 4.99 Å². The number of benzene rings is 1. The van der Waals surface area contributed by atoms with Crippen LogP contribution in [0.4, 0.5) is 11.4 Å². The Morgan fingerprint density at radius 2 is 2.03 bits per heavy atom. The Morgan fingerprint density at radius 3 is 2.80 bits per heavy atom. The number of aromatic nitrogens is 2. The minimum absolute atomic E-state index is 0.210. The Morgan fingerprint density at radius 1 is 1.20 bits per heavy atom. The molecule has 1 aliphatic heterocycles. The number of hydrogen-bond acceptors (Lipinski definition) is 9. The molecule has 5 rings (SSSR count). The summed E-state index contributed by atoms with van der Waals surface area (Å²) in [6.07, 6.45) is 8.71. The van der Waals surface area contributed by atoms with Crippen LogP contribution in [-0.2, 0) is 9.47 Å². The van der Waals surface area contributed by atoms with Crippen LogP contribution in [-0.4, -0.2) is 48.1 Å². The maximum Gasteiger partial charge on any atom is 0.275 e. The first-order valence-electron chi connectivity index (χ1n) is 11.0. The molecule has 0 radical (unpaired) electrons. The van der Waals surface area contributed by atoms with Gasteiger partial charge in [-0.3, -0.25) is 14.8 Å². The van der Waals surface area contributed by atoms with Crippen LogP contribution in [0.2, 0.25) is 0 Å². The molecule has 1 saturated heterocycles. The van der Waals surface area contributed by atoms with Gasteiger partial charge in [0.25, 0.3) is 5.91 Å². The Kier molecular flexibility index (Phi) is 6.94. The summed E-state index contributed by atoms with van der Waals surface area (Å²) < 4.78 is 16.1. The number of nitrogens with zero attached hydrogens (tertiary/aromatic N) is 3. The van der Waals surface area contributed by atoms with Gasteiger partial charge in [-0.05, 0) is 30.3 Å². The van der Waals surface area contributed by atoms with Crippen LogP contribution in [0.25, 0.3) is 21.7 Å². The van der Waals surface area contributed by atoms with E-state index in [0.29, 0.717) is 48.8 Å². The van der Waals surface area contributed by atoms with Crippen molar-refractivity contribution >= 4 is 34.8 Å². The number of carbonyl (C=O) groups excluding carboxylic acids is 1. The maximum atomic E-state index is 13.1. The molecule has 35 heavy (non-hydrogen) atoms. The second-order valence-electron chi connectivity index (χ2n) is 7.76. The first-order valence-corrected chi connectivity index (χ1v) is 11.9. The minimum atomic E-state index is -0.325. The molecule has 1 fully saturated rings. The third kappa shape index (κ3) is 5.46. The number of amides is 1. The van der Waals surface area contributed by atoms with E-state index in [2.05, 4.69) is 20.3 Å². The number of carbonyl (C=O) groups is 1. The molecule has 0 bridgehead atoms. The summed E-state index contributed by atoms with van der Waals surface area (Å²) in [7, 11) is 0. The van der Waals surface area contributed by atoms with Crippen LogP contribution in [0, 0.1) is 0 Å². The number of furan rings is 1. The van der Waals surface area contributed by atoms with Gasteiger partial charge in [0.05, 0.1) is 25.7 Å². The lowest BCUT2D eigenvalue weighted by molar-refractivity contribution is -0.0445. The summed E-state index contributed by atoms with van der Waals surface area (Å²) >= 11 is 1.40. The van der Waals surface area contributed by atoms with E-state index in [1.165, 1.54) is 11.3 Å². The van der Waals surface area contributed by atoms with Crippen LogP contribution < -0.4 is 11.1 Å². The topological polar surface area (TPSA) is 125 Å². The monoisotopic (exact) mass is 489 g/mol. The Labute approximate surface area is 205 Å². The van der Waals surface area contributed by atoms with Crippen molar-refractivity contribution in [1.82, 2.24) is 9.97 Å². The predicted octanol–water partition coefficient (Wildman–Crippen LogP) is 4.48. The highest BCUT2D eigenvalue weighted by Gasteiger charge is 2.17. The second kappa shape index (κ2) is 10.6. The lowest BCUT2D eigenvalue weighted by atomic mass is 10.0. The van der Waals surface area contributed by atoms with Crippen LogP contribution in [0.1, 0.15) is 22.5 Å². The Bertz CT molecular complexity index is 1320. The van der Waals surface area contributed by atoms with Gasteiger partial charge in [0.15, 0.2) is 6.29 Å². The van der Waals surface area contributed by atoms with Gasteiger partial charge < -0.3 is 24.9 Å². The van der Waals surface area contributed by atoms with Crippen LogP contribution in [0.3, 0.4) is 0 Å². The third-order valence-corrected chi connectivity index (χ3v) is 6.27. The Hall–Kier alpha value is -3.86. The molecule has 4 aromatic rings. The quantitative estimate of drug-likeness (QED) is 0.276. The van der Waals surface area contributed by atoms with Crippen molar-refractivity contribution in [1.29, 1.82) is 0 Å². The molecule has 1 amide bonds. The molecule has 3 N–H and O–H groups in total. The maximum absolute atomic E-state index is 13.1. The van der Waals surface area contributed by atoms with Gasteiger partial charge in [-0.2, -0.15) is 0 Å². The molecule has 1 aromatic carbocycles. The molecule has 3 aromatic heterocycles. The van der Waals surface area contributed by atoms with E-state index >= 15 is 0 Å². The number of nitrogens with two attached hydrogens (primary N) is 1. The number of aliphatic imine (C=N–C) groups is 1. The van der Waals surface area contributed by atoms with E-state index in [9.17, 15) is 4.79 Å². The van der Waals surface area contributed by atoms with E-state index < -0.39 is 0 Å². The molecule has 10 heteroatoms. The predicted molar refractivity (Wildman–Crippen MR) is 135 cm³/mol. The fourth-order valence-corrected chi connectivity index (χ4v) is 4.42. The molecule has 178 valence electrons. The van der Waals surface area contributed by atoms with Crippen LogP contribution >= 0.6 is 11.3 Å². The van der Waals surface area contributed by atoms with E-state index in [0.717, 1.165) is 21.7 Å². The first kappa shape index (κ1) is 22.9. The molecule has 0 spiro atoms. The fraction of sp³-hybridized carbons (Fsp3) is 0.200. The number of ether oxygens (including phenoxy) is 2. The summed E-state index contributed by atoms with van der Waals surface area (Å²) in [4.78, 5) is 26.1.